The van der Waals surface area contributed by atoms with Crippen LogP contribution in [0.3, 0.4) is 0 Å². The van der Waals surface area contributed by atoms with Gasteiger partial charge in [0.1, 0.15) is 0 Å². The van der Waals surface area contributed by atoms with E-state index in [1.165, 1.54) is 13.3 Å². The van der Waals surface area contributed by atoms with E-state index in [4.69, 9.17) is 25.8 Å². The van der Waals surface area contributed by atoms with Gasteiger partial charge in [0.15, 0.2) is 11.5 Å². The first-order valence-electron chi connectivity index (χ1n) is 9.19. The van der Waals surface area contributed by atoms with E-state index in [9.17, 15) is 4.79 Å². The number of amides is 1. The van der Waals surface area contributed by atoms with E-state index in [2.05, 4.69) is 10.5 Å². The molecule has 0 spiro atoms. The van der Waals surface area contributed by atoms with Crippen molar-refractivity contribution in [1.29, 1.82) is 0 Å². The molecule has 0 radical (unpaired) electrons. The number of nitrogens with one attached hydrogen (secondary N) is 1. The molecule has 0 saturated carbocycles. The normalized spacial score (nSPS) is 13.7. The Bertz CT molecular complexity index is 944. The molecule has 1 N–H and O–H groups in total. The summed E-state index contributed by atoms with van der Waals surface area (Å²) in [5, 5.41) is 4.56. The van der Waals surface area contributed by atoms with Crippen LogP contribution in [0.4, 0.5) is 0 Å². The highest BCUT2D eigenvalue weighted by molar-refractivity contribution is 6.51. The highest BCUT2D eigenvalue weighted by Gasteiger charge is 2.20. The lowest BCUT2D eigenvalue weighted by Gasteiger charge is -2.12. The summed E-state index contributed by atoms with van der Waals surface area (Å²) < 4.78 is 16.0. The third-order valence-electron chi connectivity index (χ3n) is 4.73. The zero-order valence-corrected chi connectivity index (χ0v) is 17.4. The second kappa shape index (κ2) is 9.47. The van der Waals surface area contributed by atoms with Crippen LogP contribution in [0.25, 0.3) is 5.03 Å². The Morgan fingerprint density at radius 2 is 1.76 bits per heavy atom. The summed E-state index contributed by atoms with van der Waals surface area (Å²) in [5.41, 5.74) is 5.86. The van der Waals surface area contributed by atoms with Crippen molar-refractivity contribution in [3.8, 4) is 17.2 Å². The number of methoxy groups -OCH3 is 3. The number of aryl methyl sites for hydroxylation is 1. The summed E-state index contributed by atoms with van der Waals surface area (Å²) in [6.45, 7) is 0. The van der Waals surface area contributed by atoms with Gasteiger partial charge in [-0.15, -0.1) is 0 Å². The summed E-state index contributed by atoms with van der Waals surface area (Å²) >= 11 is 6.54. The van der Waals surface area contributed by atoms with Crippen molar-refractivity contribution in [3.05, 3.63) is 58.7 Å². The first-order valence-corrected chi connectivity index (χ1v) is 9.57. The predicted octanol–water partition coefficient (Wildman–Crippen LogP) is 4.15. The smallest absolute Gasteiger partial charge is 0.268 e. The van der Waals surface area contributed by atoms with Crippen molar-refractivity contribution < 1.29 is 19.0 Å². The molecule has 0 unspecified atom stereocenters. The van der Waals surface area contributed by atoms with Gasteiger partial charge in [0.05, 0.1) is 32.6 Å². The van der Waals surface area contributed by atoms with Gasteiger partial charge in [-0.1, -0.05) is 35.9 Å². The topological polar surface area (TPSA) is 69.2 Å². The van der Waals surface area contributed by atoms with Crippen LogP contribution >= 0.6 is 11.6 Å². The predicted molar refractivity (Wildman–Crippen MR) is 114 cm³/mol. The maximum absolute atomic E-state index is 12.7. The van der Waals surface area contributed by atoms with E-state index in [0.29, 0.717) is 39.8 Å². The van der Waals surface area contributed by atoms with E-state index in [1.807, 2.05) is 24.3 Å². The van der Waals surface area contributed by atoms with Crippen LogP contribution in [0.5, 0.6) is 17.2 Å². The number of carbonyl (C=O) groups is 1. The Kier molecular flexibility index (Phi) is 6.77. The molecule has 0 bridgehead atoms. The fourth-order valence-electron chi connectivity index (χ4n) is 3.30. The van der Waals surface area contributed by atoms with Gasteiger partial charge in [-0.3, -0.25) is 4.79 Å². The Labute approximate surface area is 175 Å². The summed E-state index contributed by atoms with van der Waals surface area (Å²) in [7, 11) is 4.62. The molecule has 0 heterocycles. The monoisotopic (exact) mass is 414 g/mol. The van der Waals surface area contributed by atoms with Gasteiger partial charge in [-0.25, -0.2) is 5.43 Å². The average molecular weight is 415 g/mol. The second-order valence-electron chi connectivity index (χ2n) is 6.46. The Hall–Kier alpha value is -2.99. The quantitative estimate of drug-likeness (QED) is 0.569. The lowest BCUT2D eigenvalue weighted by atomic mass is 10.0. The molecule has 0 aliphatic heterocycles. The fraction of sp³-hybridized carbons (Fsp3) is 0.273. The van der Waals surface area contributed by atoms with Gasteiger partial charge < -0.3 is 14.2 Å². The van der Waals surface area contributed by atoms with Gasteiger partial charge >= 0.3 is 0 Å². The highest BCUT2D eigenvalue weighted by atomic mass is 35.5. The summed E-state index contributed by atoms with van der Waals surface area (Å²) in [4.78, 5) is 12.7. The zero-order valence-electron chi connectivity index (χ0n) is 16.6. The molecule has 2 aromatic rings. The molecule has 0 aromatic heterocycles. The number of hydrogen-bond donors (Lipinski definition) is 1. The lowest BCUT2D eigenvalue weighted by molar-refractivity contribution is -0.117. The summed E-state index contributed by atoms with van der Waals surface area (Å²) in [6, 6.07) is 11.4. The van der Waals surface area contributed by atoms with E-state index in [1.54, 1.807) is 26.4 Å². The maximum Gasteiger partial charge on any atom is 0.268 e. The number of carbonyl (C=O) groups excluding carboxylic acids is 1. The van der Waals surface area contributed by atoms with Gasteiger partial charge in [0.2, 0.25) is 5.75 Å². The number of hydrogen-bond acceptors (Lipinski definition) is 5. The average Bonchev–Trinajstić information content (AvgIpc) is 2.92. The molecule has 0 saturated heterocycles. The molecule has 0 atom stereocenters. The molecule has 29 heavy (non-hydrogen) atoms. The number of hydrazone groups is 1. The van der Waals surface area contributed by atoms with Crippen LogP contribution in [-0.4, -0.2) is 33.5 Å². The number of fused-ring (bicyclic) bond motifs is 1. The van der Waals surface area contributed by atoms with Crippen molar-refractivity contribution in [2.24, 2.45) is 5.10 Å². The largest absolute Gasteiger partial charge is 0.493 e. The number of rotatable bonds is 6. The number of nitrogens with zero attached hydrogens (tertiary/aromatic N) is 1. The van der Waals surface area contributed by atoms with Crippen LogP contribution in [-0.2, 0) is 11.2 Å². The van der Waals surface area contributed by atoms with Crippen LogP contribution < -0.4 is 19.6 Å². The van der Waals surface area contributed by atoms with Crippen LogP contribution in [0, 0.1) is 0 Å². The molecule has 3 rings (SSSR count). The van der Waals surface area contributed by atoms with Crippen LogP contribution in [0.1, 0.15) is 29.5 Å². The molecule has 6 nitrogen and oxygen atoms in total. The Balaban J connectivity index is 1.79. The van der Waals surface area contributed by atoms with Crippen molar-refractivity contribution in [2.75, 3.05) is 21.3 Å². The lowest BCUT2D eigenvalue weighted by Crippen LogP contribution is -2.20. The minimum atomic E-state index is -0.310. The molecular formula is C22H23ClN2O4. The SMILES string of the molecule is COc1cc(/C=N\NC(=O)C2=C(Cl)c3ccccc3CCC2)cc(OC)c1OC. The summed E-state index contributed by atoms with van der Waals surface area (Å²) in [5.74, 6) is 1.19. The molecule has 152 valence electrons. The van der Waals surface area contributed by atoms with E-state index < -0.39 is 0 Å². The number of ether oxygens (including phenoxy) is 3. The van der Waals surface area contributed by atoms with Crippen molar-refractivity contribution in [1.82, 2.24) is 5.43 Å². The van der Waals surface area contributed by atoms with E-state index in [-0.39, 0.29) is 5.91 Å². The van der Waals surface area contributed by atoms with Gasteiger partial charge in [0, 0.05) is 11.1 Å². The molecule has 1 aliphatic carbocycles. The van der Waals surface area contributed by atoms with Crippen molar-refractivity contribution in [3.63, 3.8) is 0 Å². The molecule has 1 amide bonds. The van der Waals surface area contributed by atoms with E-state index >= 15 is 0 Å². The third-order valence-corrected chi connectivity index (χ3v) is 5.16. The molecule has 7 heteroatoms. The number of halogens is 1. The van der Waals surface area contributed by atoms with Crippen LogP contribution in [0.15, 0.2) is 47.1 Å². The first kappa shape index (κ1) is 20.7. The molecular weight excluding hydrogens is 392 g/mol. The van der Waals surface area contributed by atoms with Gasteiger partial charge in [-0.2, -0.15) is 5.10 Å². The molecule has 2 aromatic carbocycles. The van der Waals surface area contributed by atoms with Crippen molar-refractivity contribution >= 4 is 28.8 Å². The fourth-order valence-corrected chi connectivity index (χ4v) is 3.67. The molecule has 0 fully saturated rings. The standard InChI is InChI=1S/C22H23ClN2O4/c1-27-18-11-14(12-19(28-2)21(18)29-3)13-24-25-22(26)17-10-6-8-15-7-4-5-9-16(15)20(17)23/h4-5,7,9,11-13H,6,8,10H2,1-3H3,(H,25,26)/b24-13-. The third kappa shape index (κ3) is 4.54. The first-order chi connectivity index (χ1) is 14.1. The number of benzene rings is 2. The Morgan fingerprint density at radius 1 is 1.07 bits per heavy atom. The highest BCUT2D eigenvalue weighted by Crippen LogP contribution is 2.37. The summed E-state index contributed by atoms with van der Waals surface area (Å²) in [6.07, 6.45) is 3.85. The zero-order chi connectivity index (χ0) is 20.8. The van der Waals surface area contributed by atoms with Crippen LogP contribution in [0.2, 0.25) is 0 Å². The van der Waals surface area contributed by atoms with E-state index in [0.717, 1.165) is 24.0 Å². The molecule has 1 aliphatic rings. The Morgan fingerprint density at radius 3 is 2.41 bits per heavy atom. The second-order valence-corrected chi connectivity index (χ2v) is 6.84. The maximum atomic E-state index is 12.7. The van der Waals surface area contributed by atoms with Gasteiger partial charge in [0.25, 0.3) is 5.91 Å². The minimum Gasteiger partial charge on any atom is -0.493 e. The minimum absolute atomic E-state index is 0.310. The van der Waals surface area contributed by atoms with Crippen molar-refractivity contribution in [2.45, 2.75) is 19.3 Å². The van der Waals surface area contributed by atoms with Gasteiger partial charge in [-0.05, 0) is 42.5 Å².